The van der Waals surface area contributed by atoms with Gasteiger partial charge in [-0.1, -0.05) is 0 Å². The van der Waals surface area contributed by atoms with E-state index in [1.54, 1.807) is 18.5 Å². The molecule has 0 fully saturated rings. The van der Waals surface area contributed by atoms with E-state index in [0.717, 1.165) is 35.4 Å². The molecule has 0 unspecified atom stereocenters. The highest BCUT2D eigenvalue weighted by Crippen LogP contribution is 2.18. The molecule has 108 valence electrons. The lowest BCUT2D eigenvalue weighted by molar-refractivity contribution is 0.725. The maximum atomic E-state index is 12.2. The van der Waals surface area contributed by atoms with E-state index in [4.69, 9.17) is 5.73 Å². The summed E-state index contributed by atoms with van der Waals surface area (Å²) >= 11 is 0. The first-order valence-electron chi connectivity index (χ1n) is 6.90. The van der Waals surface area contributed by atoms with Gasteiger partial charge >= 0.3 is 0 Å². The van der Waals surface area contributed by atoms with Crippen LogP contribution in [0.25, 0.3) is 16.9 Å². The Morgan fingerprint density at radius 3 is 2.71 bits per heavy atom. The summed E-state index contributed by atoms with van der Waals surface area (Å²) in [7, 11) is 1.94. The van der Waals surface area contributed by atoms with Gasteiger partial charge in [0.1, 0.15) is 5.65 Å². The van der Waals surface area contributed by atoms with Crippen LogP contribution in [0, 0.1) is 0 Å². The van der Waals surface area contributed by atoms with Gasteiger partial charge in [0.05, 0.1) is 5.69 Å². The van der Waals surface area contributed by atoms with Crippen molar-refractivity contribution in [1.82, 2.24) is 19.2 Å². The molecule has 3 aromatic rings. The summed E-state index contributed by atoms with van der Waals surface area (Å²) in [5.74, 6) is 0. The van der Waals surface area contributed by atoms with E-state index in [1.165, 1.54) is 4.52 Å². The molecule has 6 nitrogen and oxygen atoms in total. The molecule has 21 heavy (non-hydrogen) atoms. The number of fused-ring (bicyclic) bond motifs is 1. The maximum Gasteiger partial charge on any atom is 0.274 e. The van der Waals surface area contributed by atoms with Gasteiger partial charge in [-0.2, -0.15) is 9.61 Å². The summed E-state index contributed by atoms with van der Waals surface area (Å²) in [4.78, 5) is 16.2. The summed E-state index contributed by atoms with van der Waals surface area (Å²) in [5, 5.41) is 4.40. The highest BCUT2D eigenvalue weighted by molar-refractivity contribution is 5.63. The van der Waals surface area contributed by atoms with Gasteiger partial charge in [-0.15, -0.1) is 0 Å². The Labute approximate surface area is 121 Å². The largest absolute Gasteiger partial charge is 0.333 e. The third kappa shape index (κ3) is 2.45. The average Bonchev–Trinajstić information content (AvgIpc) is 2.96. The first-order chi connectivity index (χ1) is 10.2. The highest BCUT2D eigenvalue weighted by Gasteiger charge is 2.11. The Kier molecular flexibility index (Phi) is 3.53. The highest BCUT2D eigenvalue weighted by atomic mass is 16.1. The van der Waals surface area contributed by atoms with Gasteiger partial charge in [0.15, 0.2) is 0 Å². The summed E-state index contributed by atoms with van der Waals surface area (Å²) in [6.45, 7) is 0.612. The topological polar surface area (TPSA) is 78.2 Å². The number of nitrogens with zero attached hydrogens (tertiary/aromatic N) is 4. The number of aryl methyl sites for hydroxylation is 2. The molecule has 0 saturated carbocycles. The van der Waals surface area contributed by atoms with Crippen molar-refractivity contribution in [2.24, 2.45) is 12.8 Å². The molecular formula is C15H17N5O. The standard InChI is InChI=1S/C15H17N5O/c1-19-12(3-2-6-16)9-15(21)20-14(19)10-13(18-20)11-4-7-17-8-5-11/h4-5,7-10H,2-3,6,16H2,1H3. The van der Waals surface area contributed by atoms with Gasteiger partial charge in [0.25, 0.3) is 5.56 Å². The third-order valence-corrected chi connectivity index (χ3v) is 3.58. The summed E-state index contributed by atoms with van der Waals surface area (Å²) in [6, 6.07) is 7.30. The molecule has 0 atom stereocenters. The lowest BCUT2D eigenvalue weighted by Crippen LogP contribution is -2.20. The van der Waals surface area contributed by atoms with Crippen LogP contribution in [-0.2, 0) is 13.5 Å². The van der Waals surface area contributed by atoms with E-state index >= 15 is 0 Å². The number of pyridine rings is 1. The Morgan fingerprint density at radius 1 is 1.24 bits per heavy atom. The second kappa shape index (κ2) is 5.49. The number of aromatic nitrogens is 4. The van der Waals surface area contributed by atoms with E-state index in [9.17, 15) is 4.79 Å². The van der Waals surface area contributed by atoms with Gasteiger partial charge in [0, 0.05) is 42.8 Å². The fourth-order valence-electron chi connectivity index (χ4n) is 2.41. The van der Waals surface area contributed by atoms with Crippen molar-refractivity contribution in [2.75, 3.05) is 6.54 Å². The van der Waals surface area contributed by atoms with Crippen molar-refractivity contribution < 1.29 is 0 Å². The van der Waals surface area contributed by atoms with E-state index in [0.29, 0.717) is 6.54 Å². The quantitative estimate of drug-likeness (QED) is 0.774. The van der Waals surface area contributed by atoms with Crippen LogP contribution in [0.15, 0.2) is 41.5 Å². The van der Waals surface area contributed by atoms with Crippen molar-refractivity contribution in [3.8, 4) is 11.3 Å². The molecule has 0 saturated heterocycles. The predicted octanol–water partition coefficient (Wildman–Crippen LogP) is 0.986. The minimum atomic E-state index is -0.115. The minimum Gasteiger partial charge on any atom is -0.333 e. The normalized spacial score (nSPS) is 11.1. The van der Waals surface area contributed by atoms with Crippen molar-refractivity contribution in [3.05, 3.63) is 52.7 Å². The molecule has 0 aliphatic carbocycles. The van der Waals surface area contributed by atoms with Crippen molar-refractivity contribution in [3.63, 3.8) is 0 Å². The second-order valence-electron chi connectivity index (χ2n) is 4.96. The van der Waals surface area contributed by atoms with E-state index in [2.05, 4.69) is 10.1 Å². The molecule has 3 aromatic heterocycles. The molecule has 6 heteroatoms. The maximum absolute atomic E-state index is 12.2. The van der Waals surface area contributed by atoms with Gasteiger partial charge in [-0.05, 0) is 31.5 Å². The SMILES string of the molecule is Cn1c(CCCN)cc(=O)n2nc(-c3ccncc3)cc12. The smallest absolute Gasteiger partial charge is 0.274 e. The lowest BCUT2D eigenvalue weighted by atomic mass is 10.2. The van der Waals surface area contributed by atoms with E-state index in [-0.39, 0.29) is 5.56 Å². The molecule has 0 spiro atoms. The lowest BCUT2D eigenvalue weighted by Gasteiger charge is -2.09. The molecule has 2 N–H and O–H groups in total. The summed E-state index contributed by atoms with van der Waals surface area (Å²) < 4.78 is 3.43. The number of nitrogens with two attached hydrogens (primary N) is 1. The molecule has 3 heterocycles. The predicted molar refractivity (Wildman–Crippen MR) is 81.0 cm³/mol. The van der Waals surface area contributed by atoms with Gasteiger partial charge in [-0.3, -0.25) is 9.78 Å². The van der Waals surface area contributed by atoms with Crippen molar-refractivity contribution in [2.45, 2.75) is 12.8 Å². The molecule has 0 bridgehead atoms. The average molecular weight is 283 g/mol. The number of rotatable bonds is 4. The van der Waals surface area contributed by atoms with Gasteiger partial charge in [-0.25, -0.2) is 0 Å². The molecule has 0 amide bonds. The van der Waals surface area contributed by atoms with Crippen LogP contribution in [0.1, 0.15) is 12.1 Å². The van der Waals surface area contributed by atoms with Crippen LogP contribution in [0.4, 0.5) is 0 Å². The monoisotopic (exact) mass is 283 g/mol. The first kappa shape index (κ1) is 13.5. The first-order valence-corrected chi connectivity index (χ1v) is 6.90. The molecule has 0 aromatic carbocycles. The molecule has 3 rings (SSSR count). The fraction of sp³-hybridized carbons (Fsp3) is 0.267. The van der Waals surface area contributed by atoms with Crippen LogP contribution < -0.4 is 11.3 Å². The zero-order chi connectivity index (χ0) is 14.8. The Hall–Kier alpha value is -2.47. The molecular weight excluding hydrogens is 266 g/mol. The molecule has 0 radical (unpaired) electrons. The Morgan fingerprint density at radius 2 is 2.00 bits per heavy atom. The summed E-state index contributed by atoms with van der Waals surface area (Å²) in [6.07, 6.45) is 5.07. The van der Waals surface area contributed by atoms with Crippen LogP contribution in [-0.4, -0.2) is 25.7 Å². The van der Waals surface area contributed by atoms with Crippen LogP contribution in [0.3, 0.4) is 0 Å². The fourth-order valence-corrected chi connectivity index (χ4v) is 2.41. The zero-order valence-corrected chi connectivity index (χ0v) is 11.9. The number of hydrogen-bond acceptors (Lipinski definition) is 4. The van der Waals surface area contributed by atoms with E-state index in [1.807, 2.05) is 29.8 Å². The van der Waals surface area contributed by atoms with Gasteiger partial charge < -0.3 is 10.3 Å². The Bertz CT molecular complexity index is 819. The summed E-state index contributed by atoms with van der Waals surface area (Å²) in [5.41, 5.74) is 8.89. The zero-order valence-electron chi connectivity index (χ0n) is 11.9. The Balaban J connectivity index is 2.15. The third-order valence-electron chi connectivity index (χ3n) is 3.58. The van der Waals surface area contributed by atoms with Crippen LogP contribution in [0.2, 0.25) is 0 Å². The number of hydrogen-bond donors (Lipinski definition) is 1. The van der Waals surface area contributed by atoms with Crippen molar-refractivity contribution in [1.29, 1.82) is 0 Å². The van der Waals surface area contributed by atoms with E-state index < -0.39 is 0 Å². The second-order valence-corrected chi connectivity index (χ2v) is 4.96. The van der Waals surface area contributed by atoms with Crippen LogP contribution >= 0.6 is 0 Å². The van der Waals surface area contributed by atoms with Crippen molar-refractivity contribution >= 4 is 5.65 Å². The minimum absolute atomic E-state index is 0.115. The molecule has 0 aliphatic heterocycles. The molecule has 0 aliphatic rings. The van der Waals surface area contributed by atoms with Crippen LogP contribution in [0.5, 0.6) is 0 Å². The van der Waals surface area contributed by atoms with Gasteiger partial charge in [0.2, 0.25) is 0 Å².